The second kappa shape index (κ2) is 5.15. The summed E-state index contributed by atoms with van der Waals surface area (Å²) in [6, 6.07) is 3.15. The monoisotopic (exact) mass is 311 g/mol. The lowest BCUT2D eigenvalue weighted by Gasteiger charge is -2.44. The van der Waals surface area contributed by atoms with Crippen LogP contribution in [0.3, 0.4) is 0 Å². The Balaban J connectivity index is 2.15. The molecule has 1 fully saturated rings. The van der Waals surface area contributed by atoms with Gasteiger partial charge in [-0.3, -0.25) is 4.98 Å². The van der Waals surface area contributed by atoms with Crippen LogP contribution < -0.4 is 0 Å². The van der Waals surface area contributed by atoms with Crippen LogP contribution in [-0.4, -0.2) is 34.7 Å². The van der Waals surface area contributed by atoms with Crippen LogP contribution in [0.1, 0.15) is 26.5 Å². The smallest absolute Gasteiger partial charge is 0.410 e. The number of hydrogen-bond acceptors (Lipinski definition) is 4. The van der Waals surface area contributed by atoms with Crippen molar-refractivity contribution in [2.75, 3.05) is 13.1 Å². The molecular weight excluding hydrogens is 297 g/mol. The van der Waals surface area contributed by atoms with Gasteiger partial charge in [-0.1, -0.05) is 11.6 Å². The fourth-order valence-electron chi connectivity index (χ4n) is 2.10. The van der Waals surface area contributed by atoms with E-state index in [0.717, 1.165) is 6.07 Å². The molecule has 0 bridgehead atoms. The Morgan fingerprint density at radius 1 is 1.57 bits per heavy atom. The van der Waals surface area contributed by atoms with Gasteiger partial charge in [-0.2, -0.15) is 5.26 Å². The number of likely N-dealkylation sites (tertiary alicyclic amines) is 1. The number of carbonyl (C=O) groups is 1. The predicted molar refractivity (Wildman–Crippen MR) is 74.3 cm³/mol. The molecule has 21 heavy (non-hydrogen) atoms. The van der Waals surface area contributed by atoms with Gasteiger partial charge in [0.05, 0.1) is 29.9 Å². The Kier molecular flexibility index (Phi) is 3.81. The van der Waals surface area contributed by atoms with Crippen LogP contribution in [0.15, 0.2) is 12.3 Å². The zero-order valence-electron chi connectivity index (χ0n) is 12.0. The van der Waals surface area contributed by atoms with Crippen molar-refractivity contribution in [3.8, 4) is 6.07 Å². The zero-order valence-corrected chi connectivity index (χ0v) is 12.7. The molecule has 0 aliphatic carbocycles. The number of pyridine rings is 1. The van der Waals surface area contributed by atoms with Crippen molar-refractivity contribution in [2.45, 2.75) is 31.8 Å². The molecule has 1 amide bonds. The summed E-state index contributed by atoms with van der Waals surface area (Å²) in [4.78, 5) is 17.1. The van der Waals surface area contributed by atoms with E-state index < -0.39 is 22.9 Å². The summed E-state index contributed by atoms with van der Waals surface area (Å²) in [5.41, 5.74) is -1.76. The van der Waals surface area contributed by atoms with Crippen LogP contribution in [0, 0.1) is 17.1 Å². The maximum atomic E-state index is 13.9. The van der Waals surface area contributed by atoms with Crippen molar-refractivity contribution in [1.29, 1.82) is 5.26 Å². The van der Waals surface area contributed by atoms with Gasteiger partial charge >= 0.3 is 6.09 Å². The highest BCUT2D eigenvalue weighted by molar-refractivity contribution is 6.30. The number of nitriles is 1. The number of amides is 1. The van der Waals surface area contributed by atoms with Gasteiger partial charge in [-0.15, -0.1) is 0 Å². The van der Waals surface area contributed by atoms with E-state index in [-0.39, 0.29) is 23.8 Å². The highest BCUT2D eigenvalue weighted by atomic mass is 35.5. The maximum absolute atomic E-state index is 13.9. The quantitative estimate of drug-likeness (QED) is 0.800. The van der Waals surface area contributed by atoms with E-state index in [1.54, 1.807) is 20.8 Å². The zero-order chi connectivity index (χ0) is 15.8. The van der Waals surface area contributed by atoms with Gasteiger partial charge in [0.25, 0.3) is 0 Å². The minimum Gasteiger partial charge on any atom is -0.444 e. The maximum Gasteiger partial charge on any atom is 0.410 e. The van der Waals surface area contributed by atoms with Crippen molar-refractivity contribution in [3.63, 3.8) is 0 Å². The number of halogens is 2. The summed E-state index contributed by atoms with van der Waals surface area (Å²) in [6.45, 7) is 5.35. The fraction of sp³-hybridized carbons (Fsp3) is 0.500. The Hall–Kier alpha value is -1.87. The first-order valence-corrected chi connectivity index (χ1v) is 6.75. The number of hydrogen-bond donors (Lipinski definition) is 0. The summed E-state index contributed by atoms with van der Waals surface area (Å²) in [5.74, 6) is -0.645. The van der Waals surface area contributed by atoms with Crippen LogP contribution in [0.4, 0.5) is 9.18 Å². The second-order valence-electron chi connectivity index (χ2n) is 6.01. The molecule has 1 saturated heterocycles. The second-order valence-corrected chi connectivity index (χ2v) is 6.45. The SMILES string of the molecule is CC(C)(C)OC(=O)N1CC(C#N)(c2ncc(Cl)cc2F)C1. The van der Waals surface area contributed by atoms with E-state index in [1.807, 2.05) is 6.07 Å². The third kappa shape index (κ3) is 3.08. The Morgan fingerprint density at radius 2 is 2.19 bits per heavy atom. The lowest BCUT2D eigenvalue weighted by molar-refractivity contribution is -0.00152. The first kappa shape index (κ1) is 15.5. The fourth-order valence-corrected chi connectivity index (χ4v) is 2.25. The molecule has 7 heteroatoms. The number of nitrogens with zero attached hydrogens (tertiary/aromatic N) is 3. The molecule has 0 aromatic carbocycles. The molecule has 0 saturated carbocycles. The average Bonchev–Trinajstić information content (AvgIpc) is 2.28. The van der Waals surface area contributed by atoms with E-state index in [4.69, 9.17) is 16.3 Å². The Labute approximate surface area is 127 Å². The minimum atomic E-state index is -1.15. The van der Waals surface area contributed by atoms with Crippen molar-refractivity contribution in [2.24, 2.45) is 0 Å². The summed E-state index contributed by atoms with van der Waals surface area (Å²) in [7, 11) is 0. The topological polar surface area (TPSA) is 66.2 Å². The van der Waals surface area contributed by atoms with E-state index in [9.17, 15) is 14.4 Å². The summed E-state index contributed by atoms with van der Waals surface area (Å²) in [6.07, 6.45) is 0.762. The van der Waals surface area contributed by atoms with Crippen molar-refractivity contribution in [3.05, 3.63) is 28.8 Å². The van der Waals surface area contributed by atoms with Gasteiger partial charge in [0.15, 0.2) is 0 Å². The first-order chi connectivity index (χ1) is 9.67. The molecule has 0 atom stereocenters. The van der Waals surface area contributed by atoms with Gasteiger partial charge < -0.3 is 9.64 Å². The highest BCUT2D eigenvalue weighted by Gasteiger charge is 2.51. The number of aromatic nitrogens is 1. The van der Waals surface area contributed by atoms with Crippen molar-refractivity contribution in [1.82, 2.24) is 9.88 Å². The van der Waals surface area contributed by atoms with Gasteiger partial charge in [0.2, 0.25) is 0 Å². The van der Waals surface area contributed by atoms with Crippen LogP contribution in [0.5, 0.6) is 0 Å². The van der Waals surface area contributed by atoms with Crippen LogP contribution >= 0.6 is 11.6 Å². The average molecular weight is 312 g/mol. The lowest BCUT2D eigenvalue weighted by atomic mass is 9.78. The molecule has 0 radical (unpaired) electrons. The molecule has 0 spiro atoms. The molecule has 1 aromatic heterocycles. The summed E-state index contributed by atoms with van der Waals surface area (Å²) < 4.78 is 19.1. The van der Waals surface area contributed by atoms with Crippen molar-refractivity contribution >= 4 is 17.7 Å². The molecule has 1 aliphatic heterocycles. The van der Waals surface area contributed by atoms with Gasteiger partial charge in [-0.05, 0) is 26.8 Å². The normalized spacial score (nSPS) is 16.9. The molecule has 1 aromatic rings. The molecule has 0 N–H and O–H groups in total. The standard InChI is InChI=1S/C14H15ClFN3O2/c1-13(2,3)21-12(20)19-7-14(6-17,8-19)11-10(16)4-9(15)5-18-11/h4-5H,7-8H2,1-3H3. The van der Waals surface area contributed by atoms with Gasteiger partial charge in [0.1, 0.15) is 16.8 Å². The molecule has 2 heterocycles. The first-order valence-electron chi connectivity index (χ1n) is 6.37. The molecule has 1 aliphatic rings. The lowest BCUT2D eigenvalue weighted by Crippen LogP contribution is -2.61. The number of rotatable bonds is 1. The molecule has 0 unspecified atom stereocenters. The Morgan fingerprint density at radius 3 is 2.67 bits per heavy atom. The van der Waals surface area contributed by atoms with E-state index in [1.165, 1.54) is 11.1 Å². The van der Waals surface area contributed by atoms with Crippen LogP contribution in [0.25, 0.3) is 0 Å². The van der Waals surface area contributed by atoms with Crippen LogP contribution in [0.2, 0.25) is 5.02 Å². The molecule has 2 rings (SSSR count). The summed E-state index contributed by atoms with van der Waals surface area (Å²) >= 11 is 5.65. The molecular formula is C14H15ClFN3O2. The Bertz CT molecular complexity index is 616. The number of ether oxygens (including phenoxy) is 1. The van der Waals surface area contributed by atoms with Gasteiger partial charge in [0, 0.05) is 6.20 Å². The third-order valence-electron chi connectivity index (χ3n) is 3.05. The van der Waals surface area contributed by atoms with Gasteiger partial charge in [-0.25, -0.2) is 9.18 Å². The third-order valence-corrected chi connectivity index (χ3v) is 3.26. The molecule has 5 nitrogen and oxygen atoms in total. The van der Waals surface area contributed by atoms with Crippen LogP contribution in [-0.2, 0) is 10.2 Å². The van der Waals surface area contributed by atoms with Crippen molar-refractivity contribution < 1.29 is 13.9 Å². The summed E-state index contributed by atoms with van der Waals surface area (Å²) in [5, 5.41) is 9.51. The molecule has 112 valence electrons. The largest absolute Gasteiger partial charge is 0.444 e. The predicted octanol–water partition coefficient (Wildman–Crippen LogP) is 2.89. The number of carbonyl (C=O) groups excluding carboxylic acids is 1. The van der Waals surface area contributed by atoms with E-state index in [2.05, 4.69) is 4.98 Å². The highest BCUT2D eigenvalue weighted by Crippen LogP contribution is 2.35. The minimum absolute atomic E-state index is 0.00853. The van der Waals surface area contributed by atoms with E-state index >= 15 is 0 Å². The van der Waals surface area contributed by atoms with E-state index in [0.29, 0.717) is 0 Å².